The van der Waals surface area contributed by atoms with Crippen LogP contribution in [0, 0.1) is 0 Å². The molecule has 0 radical (unpaired) electrons. The number of rotatable bonds is 2. The normalized spacial score (nSPS) is 37.2. The van der Waals surface area contributed by atoms with Crippen molar-refractivity contribution in [2.45, 2.75) is 6.08 Å². The Morgan fingerprint density at radius 2 is 2.33 bits per heavy atom. The highest BCUT2D eigenvalue weighted by Crippen LogP contribution is 1.71. The number of hydrogen-bond donors (Lipinski definition) is 3. The average Bonchev–Trinajstić information content (AvgIpc) is 1.62. The Bertz CT molecular complexity index is 117. The van der Waals surface area contributed by atoms with E-state index in [1.165, 1.54) is 0 Å². The van der Waals surface area contributed by atoms with E-state index in [0.717, 1.165) is 0 Å². The van der Waals surface area contributed by atoms with E-state index in [1.807, 2.05) is 0 Å². The topological polar surface area (TPSA) is 60.7 Å². The predicted molar refractivity (Wildman–Crippen MR) is 20.2 cm³/mol. The molecule has 0 rings (SSSR count). The molecule has 0 spiro atoms. The second kappa shape index (κ2) is 3.08. The van der Waals surface area contributed by atoms with Gasteiger partial charge < -0.3 is 15.3 Å². The highest BCUT2D eigenvalue weighted by Gasteiger charge is 1.93. The number of aliphatic hydroxyl groups is 3. The van der Waals surface area contributed by atoms with Crippen LogP contribution in [-0.4, -0.2) is 34.5 Å². The van der Waals surface area contributed by atoms with Crippen molar-refractivity contribution < 1.29 is 20.8 Å². The highest BCUT2D eigenvalue weighted by molar-refractivity contribution is 4.43. The first-order valence-electron chi connectivity index (χ1n) is 3.32. The second-order valence-electron chi connectivity index (χ2n) is 0.626. The van der Waals surface area contributed by atoms with Gasteiger partial charge in [-0.15, -0.1) is 0 Å². The zero-order valence-electron chi connectivity index (χ0n) is 6.92. The van der Waals surface area contributed by atoms with E-state index in [2.05, 4.69) is 0 Å². The molecule has 0 saturated carbocycles. The van der Waals surface area contributed by atoms with E-state index in [0.29, 0.717) is 0 Å². The van der Waals surface area contributed by atoms with Crippen LogP contribution in [0.25, 0.3) is 0 Å². The maximum Gasteiger partial charge on any atom is 0.100 e. The van der Waals surface area contributed by atoms with Gasteiger partial charge in [-0.1, -0.05) is 0 Å². The average molecular weight is 97.1 g/mol. The summed E-state index contributed by atoms with van der Waals surface area (Å²) in [6.07, 6.45) is -3.20. The van der Waals surface area contributed by atoms with Gasteiger partial charge in [-0.3, -0.25) is 0 Å². The zero-order chi connectivity index (χ0) is 8.58. The van der Waals surface area contributed by atoms with Gasteiger partial charge in [0, 0.05) is 0 Å². The molecule has 0 heterocycles. The van der Waals surface area contributed by atoms with Crippen LogP contribution in [0.15, 0.2) is 0 Å². The summed E-state index contributed by atoms with van der Waals surface area (Å²) >= 11 is 0. The smallest absolute Gasteiger partial charge is 0.100 e. The molecule has 2 atom stereocenters. The second-order valence-corrected chi connectivity index (χ2v) is 0.626. The molecule has 0 aromatic rings. The Morgan fingerprint density at radius 3 is 2.33 bits per heavy atom. The third kappa shape index (κ3) is 2.14. The lowest BCUT2D eigenvalue weighted by molar-refractivity contribution is 0.0450. The molecule has 0 bridgehead atoms. The molecular weight excluding hydrogens is 85.0 g/mol. The molecular formula is C3H8O3. The zero-order valence-corrected chi connectivity index (χ0v) is 2.92. The standard InChI is InChI=1S/C3H8O3/c4-1-3(6)2-5/h3-6H,1-2H2/i1D2,2+1D,3D. The fraction of sp³-hybridized carbons (Fsp3) is 1.00. The first-order chi connectivity index (χ1) is 4.19. The molecule has 0 aliphatic heterocycles. The first-order valence-corrected chi connectivity index (χ1v) is 1.24. The summed E-state index contributed by atoms with van der Waals surface area (Å²) in [6, 6.07) is 0. The molecule has 0 amide bonds. The van der Waals surface area contributed by atoms with E-state index in [9.17, 15) is 0 Å². The van der Waals surface area contributed by atoms with E-state index in [4.69, 9.17) is 20.8 Å². The van der Waals surface area contributed by atoms with Gasteiger partial charge in [0.2, 0.25) is 0 Å². The van der Waals surface area contributed by atoms with Gasteiger partial charge in [0.05, 0.1) is 18.6 Å². The Kier molecular flexibility index (Phi) is 0.913. The number of hydrogen-bond acceptors (Lipinski definition) is 3. The highest BCUT2D eigenvalue weighted by atomic mass is 16.4. The molecule has 6 heavy (non-hydrogen) atoms. The van der Waals surface area contributed by atoms with Crippen molar-refractivity contribution in [1.29, 1.82) is 0 Å². The summed E-state index contributed by atoms with van der Waals surface area (Å²) in [5, 5.41) is 25.1. The largest absolute Gasteiger partial charge is 0.394 e. The van der Waals surface area contributed by atoms with Crippen LogP contribution < -0.4 is 0 Å². The van der Waals surface area contributed by atoms with Gasteiger partial charge in [0.25, 0.3) is 0 Å². The molecule has 0 saturated heterocycles. The van der Waals surface area contributed by atoms with Crippen LogP contribution >= 0.6 is 0 Å². The van der Waals surface area contributed by atoms with Crippen molar-refractivity contribution in [3.63, 3.8) is 0 Å². The molecule has 0 aromatic heterocycles. The van der Waals surface area contributed by atoms with Crippen LogP contribution in [0.2, 0.25) is 0 Å². The van der Waals surface area contributed by atoms with Crippen LogP contribution in [0.1, 0.15) is 5.48 Å². The lowest BCUT2D eigenvalue weighted by Gasteiger charge is -1.96. The van der Waals surface area contributed by atoms with Gasteiger partial charge in [0.1, 0.15) is 6.08 Å². The fourth-order valence-electron chi connectivity index (χ4n) is 0.0289. The maximum atomic E-state index is 8.53. The van der Waals surface area contributed by atoms with Crippen LogP contribution in [0.5, 0.6) is 0 Å². The Labute approximate surface area is 41.5 Å². The lowest BCUT2D eigenvalue weighted by Crippen LogP contribution is -2.15. The molecule has 0 fully saturated rings. The van der Waals surface area contributed by atoms with E-state index in [-0.39, 0.29) is 0 Å². The first kappa shape index (κ1) is 1.78. The summed E-state index contributed by atoms with van der Waals surface area (Å²) in [5.41, 5.74) is 0. The van der Waals surface area contributed by atoms with Crippen molar-refractivity contribution in [3.8, 4) is 0 Å². The molecule has 0 aliphatic rings. The van der Waals surface area contributed by atoms with Gasteiger partial charge in [-0.05, 0) is 0 Å². The van der Waals surface area contributed by atoms with Crippen LogP contribution in [-0.2, 0) is 0 Å². The van der Waals surface area contributed by atoms with E-state index in [1.54, 1.807) is 0 Å². The van der Waals surface area contributed by atoms with Crippen molar-refractivity contribution in [3.05, 3.63) is 0 Å². The predicted octanol–water partition coefficient (Wildman–Crippen LogP) is -1.67. The van der Waals surface area contributed by atoms with Gasteiger partial charge in [0.15, 0.2) is 0 Å². The minimum absolute atomic E-state index is 2.40. The van der Waals surface area contributed by atoms with E-state index < -0.39 is 19.2 Å². The van der Waals surface area contributed by atoms with Crippen LogP contribution in [0.3, 0.4) is 0 Å². The lowest BCUT2D eigenvalue weighted by atomic mass is 10.6. The van der Waals surface area contributed by atoms with Crippen molar-refractivity contribution in [2.24, 2.45) is 0 Å². The summed E-state index contributed by atoms with van der Waals surface area (Å²) in [5.74, 6) is 0. The van der Waals surface area contributed by atoms with Crippen molar-refractivity contribution in [1.82, 2.24) is 0 Å². The Hall–Kier alpha value is -0.120. The van der Waals surface area contributed by atoms with E-state index >= 15 is 0 Å². The minimum Gasteiger partial charge on any atom is -0.394 e. The molecule has 3 heteroatoms. The number of aliphatic hydroxyl groups excluding tert-OH is 1. The summed E-state index contributed by atoms with van der Waals surface area (Å²) in [6.45, 7) is -5.69. The van der Waals surface area contributed by atoms with Crippen molar-refractivity contribution in [2.75, 3.05) is 13.1 Å². The third-order valence-electron chi connectivity index (χ3n) is 0.237. The summed E-state index contributed by atoms with van der Waals surface area (Å²) in [7, 11) is 0. The Balaban J connectivity index is 4.40. The van der Waals surface area contributed by atoms with Crippen molar-refractivity contribution >= 4 is 0 Å². The molecule has 3 N–H and O–H groups in total. The SMILES string of the molecule is [2H][13CH](O)C([2H])(O)C([2H])([2H])O. The molecule has 38 valence electrons. The molecule has 0 aromatic carbocycles. The minimum atomic E-state index is -3.30. The third-order valence-corrected chi connectivity index (χ3v) is 0.237. The quantitative estimate of drug-likeness (QED) is 0.361. The van der Waals surface area contributed by atoms with Gasteiger partial charge in [-0.25, -0.2) is 0 Å². The summed E-state index contributed by atoms with van der Waals surface area (Å²) in [4.78, 5) is 0. The monoisotopic (exact) mass is 97.1 g/mol. The Morgan fingerprint density at radius 1 is 1.83 bits per heavy atom. The summed E-state index contributed by atoms with van der Waals surface area (Å²) < 4.78 is 25.6. The molecule has 0 aliphatic carbocycles. The maximum absolute atomic E-state index is 8.53. The molecule has 2 unspecified atom stereocenters. The fourth-order valence-corrected chi connectivity index (χ4v) is 0.0289. The van der Waals surface area contributed by atoms with Gasteiger partial charge in [-0.2, -0.15) is 0 Å². The van der Waals surface area contributed by atoms with Gasteiger partial charge >= 0.3 is 0 Å². The molecule has 3 nitrogen and oxygen atoms in total. The van der Waals surface area contributed by atoms with Crippen LogP contribution in [0.4, 0.5) is 0 Å².